The van der Waals surface area contributed by atoms with Crippen LogP contribution in [0.2, 0.25) is 0 Å². The molecule has 0 atom stereocenters. The van der Waals surface area contributed by atoms with Crippen LogP contribution < -0.4 is 4.90 Å². The molecule has 58 heavy (non-hydrogen) atoms. The molecule has 0 N–H and O–H groups in total. The van der Waals surface area contributed by atoms with Gasteiger partial charge in [-0.2, -0.15) is 0 Å². The zero-order chi connectivity index (χ0) is 38.0. The molecule has 3 heteroatoms. The normalized spacial score (nSPS) is 13.3. The molecule has 0 aliphatic heterocycles. The Labute approximate surface area is 339 Å². The topological polar surface area (TPSA) is 16.4 Å². The van der Waals surface area contributed by atoms with Gasteiger partial charge in [0.15, 0.2) is 0 Å². The van der Waals surface area contributed by atoms with Gasteiger partial charge in [0.05, 0.1) is 16.8 Å². The lowest BCUT2D eigenvalue weighted by Gasteiger charge is -2.32. The Morgan fingerprint density at radius 2 is 0.931 bits per heavy atom. The van der Waals surface area contributed by atoms with Crippen LogP contribution >= 0.6 is 11.3 Å². The van der Waals surface area contributed by atoms with E-state index in [0.29, 0.717) is 0 Å². The van der Waals surface area contributed by atoms with Crippen molar-refractivity contribution in [2.75, 3.05) is 4.90 Å². The summed E-state index contributed by atoms with van der Waals surface area (Å²) in [5.41, 5.74) is 17.5. The summed E-state index contributed by atoms with van der Waals surface area (Å²) >= 11 is 1.86. The van der Waals surface area contributed by atoms with E-state index >= 15 is 0 Å². The molecular formula is C55H33NOS. The minimum atomic E-state index is -0.447. The van der Waals surface area contributed by atoms with Crippen molar-refractivity contribution in [1.82, 2.24) is 0 Å². The van der Waals surface area contributed by atoms with Crippen LogP contribution in [0.4, 0.5) is 17.1 Å². The second-order valence-electron chi connectivity index (χ2n) is 15.5. The zero-order valence-corrected chi connectivity index (χ0v) is 32.1. The van der Waals surface area contributed by atoms with Crippen molar-refractivity contribution in [3.8, 4) is 33.4 Å². The molecule has 2 aromatic heterocycles. The van der Waals surface area contributed by atoms with Crippen LogP contribution in [-0.4, -0.2) is 0 Å². The highest BCUT2D eigenvalue weighted by Gasteiger charge is 2.52. The molecule has 2 aliphatic carbocycles. The summed E-state index contributed by atoms with van der Waals surface area (Å²) in [6, 6.07) is 73.8. The Morgan fingerprint density at radius 3 is 1.74 bits per heavy atom. The van der Waals surface area contributed by atoms with Gasteiger partial charge in [0.25, 0.3) is 0 Å². The van der Waals surface area contributed by atoms with Crippen molar-refractivity contribution < 1.29 is 4.42 Å². The van der Waals surface area contributed by atoms with Crippen LogP contribution in [0.1, 0.15) is 22.3 Å². The number of anilines is 3. The average molecular weight is 756 g/mol. The number of hydrogen-bond donors (Lipinski definition) is 0. The number of hydrogen-bond acceptors (Lipinski definition) is 3. The van der Waals surface area contributed by atoms with Crippen LogP contribution in [0.3, 0.4) is 0 Å². The van der Waals surface area contributed by atoms with Gasteiger partial charge in [0.2, 0.25) is 0 Å². The van der Waals surface area contributed by atoms with Crippen molar-refractivity contribution >= 4 is 70.5 Å². The number of benzene rings is 9. The zero-order valence-electron chi connectivity index (χ0n) is 31.3. The summed E-state index contributed by atoms with van der Waals surface area (Å²) in [5.74, 6) is 0. The van der Waals surface area contributed by atoms with Crippen molar-refractivity contribution in [2.45, 2.75) is 5.41 Å². The molecular weight excluding hydrogens is 723 g/mol. The van der Waals surface area contributed by atoms with E-state index in [1.54, 1.807) is 0 Å². The van der Waals surface area contributed by atoms with Crippen LogP contribution in [0.15, 0.2) is 205 Å². The highest BCUT2D eigenvalue weighted by molar-refractivity contribution is 7.25. The Bertz CT molecular complexity index is 3450. The lowest BCUT2D eigenvalue weighted by Crippen LogP contribution is -2.26. The van der Waals surface area contributed by atoms with Gasteiger partial charge in [-0.1, -0.05) is 158 Å². The maximum Gasteiger partial charge on any atom is 0.136 e. The molecule has 0 saturated carbocycles. The largest absolute Gasteiger partial charge is 0.456 e. The smallest absolute Gasteiger partial charge is 0.136 e. The van der Waals surface area contributed by atoms with Gasteiger partial charge in [-0.05, 0) is 87.0 Å². The van der Waals surface area contributed by atoms with Crippen LogP contribution in [0.25, 0.3) is 75.5 Å². The molecule has 270 valence electrons. The first kappa shape index (κ1) is 31.9. The molecule has 13 rings (SSSR count). The number of rotatable bonds is 4. The first-order valence-corrected chi connectivity index (χ1v) is 20.7. The molecule has 0 radical (unpaired) electrons. The van der Waals surface area contributed by atoms with E-state index in [4.69, 9.17) is 4.42 Å². The van der Waals surface area contributed by atoms with E-state index in [1.807, 2.05) is 17.4 Å². The van der Waals surface area contributed by atoms with Crippen molar-refractivity contribution in [2.24, 2.45) is 0 Å². The number of nitrogens with zero attached hydrogens (tertiary/aromatic N) is 1. The Balaban J connectivity index is 1.14. The molecule has 2 aliphatic rings. The second-order valence-corrected chi connectivity index (χ2v) is 16.6. The van der Waals surface area contributed by atoms with Gasteiger partial charge in [-0.3, -0.25) is 0 Å². The fraction of sp³-hybridized carbons (Fsp3) is 0.0182. The molecule has 0 bridgehead atoms. The summed E-state index contributed by atoms with van der Waals surface area (Å²) in [5, 5.41) is 4.84. The highest BCUT2D eigenvalue weighted by Crippen LogP contribution is 2.65. The monoisotopic (exact) mass is 755 g/mol. The molecule has 0 unspecified atom stereocenters. The standard InChI is InChI=1S/C55H33NOS/c1-7-22-43-35(15-1)36-16-2-8-23-44(36)55(43)45-24-9-3-19-41(45)54-46(55)25-14-27-48(54)56(34-31-32-39-38-18-6-12-30-51(38)58-52(39)33-34)47-26-10-4-17-37(47)40-21-13-29-50-53(40)42-20-5-11-28-49(42)57-50/h1-33H. The molecule has 2 heterocycles. The van der Waals surface area contributed by atoms with E-state index in [9.17, 15) is 0 Å². The SMILES string of the molecule is c1ccc(N(c2ccc3c(c2)sc2ccccc23)c2cccc3c2-c2ccccc2C32c3ccccc3-c3ccccc32)c(-c2cccc3oc4ccccc4c23)c1. The fourth-order valence-corrected chi connectivity index (χ4v) is 11.6. The third kappa shape index (κ3) is 4.16. The molecule has 11 aromatic rings. The van der Waals surface area contributed by atoms with Crippen LogP contribution in [-0.2, 0) is 5.41 Å². The van der Waals surface area contributed by atoms with Gasteiger partial charge >= 0.3 is 0 Å². The summed E-state index contributed by atoms with van der Waals surface area (Å²) in [4.78, 5) is 2.53. The number of thiophene rings is 1. The number of furan rings is 1. The maximum atomic E-state index is 6.46. The van der Waals surface area contributed by atoms with Gasteiger partial charge in [-0.15, -0.1) is 11.3 Å². The van der Waals surface area contributed by atoms with Gasteiger partial charge in [0.1, 0.15) is 11.2 Å². The lowest BCUT2D eigenvalue weighted by atomic mass is 9.70. The minimum absolute atomic E-state index is 0.447. The Morgan fingerprint density at radius 1 is 0.379 bits per heavy atom. The van der Waals surface area contributed by atoms with E-state index in [0.717, 1.165) is 50.1 Å². The predicted molar refractivity (Wildman–Crippen MR) is 243 cm³/mol. The van der Waals surface area contributed by atoms with E-state index in [-0.39, 0.29) is 0 Å². The second kappa shape index (κ2) is 11.9. The molecule has 0 fully saturated rings. The lowest BCUT2D eigenvalue weighted by molar-refractivity contribution is 0.669. The quantitative estimate of drug-likeness (QED) is 0.178. The molecule has 9 aromatic carbocycles. The molecule has 0 saturated heterocycles. The Kier molecular flexibility index (Phi) is 6.56. The Hall–Kier alpha value is -7.20. The maximum absolute atomic E-state index is 6.46. The molecule has 0 amide bonds. The van der Waals surface area contributed by atoms with Crippen molar-refractivity contribution in [3.05, 3.63) is 222 Å². The van der Waals surface area contributed by atoms with Crippen LogP contribution in [0, 0.1) is 0 Å². The van der Waals surface area contributed by atoms with Crippen molar-refractivity contribution in [1.29, 1.82) is 0 Å². The molecule has 1 spiro atoms. The first-order valence-electron chi connectivity index (χ1n) is 19.9. The van der Waals surface area contributed by atoms with Gasteiger partial charge < -0.3 is 9.32 Å². The summed E-state index contributed by atoms with van der Waals surface area (Å²) in [6.45, 7) is 0. The average Bonchev–Trinajstić information content (AvgIpc) is 4.02. The summed E-state index contributed by atoms with van der Waals surface area (Å²) in [6.07, 6.45) is 0. The third-order valence-electron chi connectivity index (χ3n) is 12.7. The van der Waals surface area contributed by atoms with Gasteiger partial charge in [-0.25, -0.2) is 0 Å². The van der Waals surface area contributed by atoms with Crippen molar-refractivity contribution in [3.63, 3.8) is 0 Å². The van der Waals surface area contributed by atoms with Gasteiger partial charge in [0, 0.05) is 47.8 Å². The first-order chi connectivity index (χ1) is 28.8. The summed E-state index contributed by atoms with van der Waals surface area (Å²) in [7, 11) is 0. The number of para-hydroxylation sites is 2. The highest BCUT2D eigenvalue weighted by atomic mass is 32.1. The number of fused-ring (bicyclic) bond motifs is 16. The minimum Gasteiger partial charge on any atom is -0.456 e. The summed E-state index contributed by atoms with van der Waals surface area (Å²) < 4.78 is 9.03. The third-order valence-corrected chi connectivity index (χ3v) is 13.8. The fourth-order valence-electron chi connectivity index (χ4n) is 10.5. The van der Waals surface area contributed by atoms with Crippen LogP contribution in [0.5, 0.6) is 0 Å². The molecule has 2 nitrogen and oxygen atoms in total. The van der Waals surface area contributed by atoms with E-state index in [1.165, 1.54) is 64.7 Å². The van der Waals surface area contributed by atoms with E-state index < -0.39 is 5.41 Å². The van der Waals surface area contributed by atoms with E-state index in [2.05, 4.69) is 199 Å². The predicted octanol–water partition coefficient (Wildman–Crippen LogP) is 15.4.